The summed E-state index contributed by atoms with van der Waals surface area (Å²) in [6.45, 7) is 2.30. The van der Waals surface area contributed by atoms with Crippen molar-refractivity contribution in [3.63, 3.8) is 0 Å². The molecule has 0 saturated carbocycles. The Hall–Kier alpha value is -2.37. The second-order valence-electron chi connectivity index (χ2n) is 4.54. The van der Waals surface area contributed by atoms with Crippen molar-refractivity contribution < 1.29 is 9.32 Å². The number of nitrogen functional groups attached to an aromatic ring is 1. The van der Waals surface area contributed by atoms with E-state index in [-0.39, 0.29) is 11.7 Å². The molecular formula is C13H14N4O2. The van der Waals surface area contributed by atoms with Crippen LogP contribution in [0.15, 0.2) is 22.7 Å². The smallest absolute Gasteiger partial charge is 0.299 e. The number of aromatic nitrogens is 2. The van der Waals surface area contributed by atoms with Gasteiger partial charge in [0.15, 0.2) is 0 Å². The minimum absolute atomic E-state index is 0.0905. The Labute approximate surface area is 110 Å². The van der Waals surface area contributed by atoms with Crippen LogP contribution in [0.5, 0.6) is 0 Å². The SMILES string of the molecule is Cc1nc(C(=O)N2CCCc3c(N)cccc32)no1. The summed E-state index contributed by atoms with van der Waals surface area (Å²) in [6.07, 6.45) is 1.76. The molecule has 0 aliphatic carbocycles. The molecule has 0 atom stereocenters. The Bertz CT molecular complexity index is 635. The average Bonchev–Trinajstić information content (AvgIpc) is 2.85. The van der Waals surface area contributed by atoms with E-state index in [1.807, 2.05) is 18.2 Å². The van der Waals surface area contributed by atoms with E-state index < -0.39 is 0 Å². The molecule has 0 bridgehead atoms. The zero-order valence-electron chi connectivity index (χ0n) is 10.6. The lowest BCUT2D eigenvalue weighted by atomic mass is 10.00. The highest BCUT2D eigenvalue weighted by Gasteiger charge is 2.27. The Balaban J connectivity index is 2.00. The number of fused-ring (bicyclic) bond motifs is 1. The molecule has 1 aromatic carbocycles. The number of anilines is 2. The fraction of sp³-hybridized carbons (Fsp3) is 0.308. The molecule has 1 aromatic heterocycles. The van der Waals surface area contributed by atoms with Gasteiger partial charge in [0.2, 0.25) is 5.89 Å². The summed E-state index contributed by atoms with van der Waals surface area (Å²) in [5.74, 6) is 0.226. The minimum atomic E-state index is -0.247. The molecule has 6 nitrogen and oxygen atoms in total. The summed E-state index contributed by atoms with van der Waals surface area (Å²) in [4.78, 5) is 18.0. The first-order valence-corrected chi connectivity index (χ1v) is 6.16. The predicted molar refractivity (Wildman–Crippen MR) is 69.9 cm³/mol. The van der Waals surface area contributed by atoms with Gasteiger partial charge >= 0.3 is 0 Å². The lowest BCUT2D eigenvalue weighted by Gasteiger charge is -2.29. The number of carbonyl (C=O) groups is 1. The number of benzene rings is 1. The van der Waals surface area contributed by atoms with Crippen LogP contribution in [0.3, 0.4) is 0 Å². The van der Waals surface area contributed by atoms with Crippen LogP contribution in [-0.2, 0) is 6.42 Å². The number of hydrogen-bond donors (Lipinski definition) is 1. The van der Waals surface area contributed by atoms with Crippen molar-refractivity contribution in [2.75, 3.05) is 17.2 Å². The molecule has 6 heteroatoms. The quantitative estimate of drug-likeness (QED) is 0.784. The van der Waals surface area contributed by atoms with Gasteiger partial charge in [-0.1, -0.05) is 11.2 Å². The first kappa shape index (κ1) is 11.7. The van der Waals surface area contributed by atoms with Crippen molar-refractivity contribution in [3.8, 4) is 0 Å². The van der Waals surface area contributed by atoms with Crippen molar-refractivity contribution in [2.24, 2.45) is 0 Å². The number of carbonyl (C=O) groups excluding carboxylic acids is 1. The van der Waals surface area contributed by atoms with Crippen molar-refractivity contribution in [1.82, 2.24) is 10.1 Å². The van der Waals surface area contributed by atoms with Crippen LogP contribution in [-0.4, -0.2) is 22.6 Å². The monoisotopic (exact) mass is 258 g/mol. The largest absolute Gasteiger partial charge is 0.398 e. The average molecular weight is 258 g/mol. The zero-order chi connectivity index (χ0) is 13.4. The van der Waals surface area contributed by atoms with E-state index in [0.29, 0.717) is 12.4 Å². The maximum Gasteiger partial charge on any atom is 0.299 e. The van der Waals surface area contributed by atoms with Gasteiger partial charge in [-0.3, -0.25) is 4.79 Å². The number of aryl methyl sites for hydroxylation is 1. The highest BCUT2D eigenvalue weighted by molar-refractivity contribution is 6.04. The molecule has 19 heavy (non-hydrogen) atoms. The van der Waals surface area contributed by atoms with Gasteiger partial charge in [0.05, 0.1) is 0 Å². The first-order chi connectivity index (χ1) is 9.16. The van der Waals surface area contributed by atoms with Gasteiger partial charge in [0.1, 0.15) is 0 Å². The van der Waals surface area contributed by atoms with Crippen LogP contribution in [0.25, 0.3) is 0 Å². The standard InChI is InChI=1S/C13H14N4O2/c1-8-15-12(16-19-8)13(18)17-7-3-4-9-10(14)5-2-6-11(9)17/h2,5-6H,3-4,7,14H2,1H3. The van der Waals surface area contributed by atoms with E-state index in [4.69, 9.17) is 10.3 Å². The van der Waals surface area contributed by atoms with Crippen LogP contribution in [0.2, 0.25) is 0 Å². The molecular weight excluding hydrogens is 244 g/mol. The fourth-order valence-electron chi connectivity index (χ4n) is 2.37. The second-order valence-corrected chi connectivity index (χ2v) is 4.54. The molecule has 2 aromatic rings. The van der Waals surface area contributed by atoms with Crippen molar-refractivity contribution in [3.05, 3.63) is 35.5 Å². The van der Waals surface area contributed by atoms with E-state index >= 15 is 0 Å². The van der Waals surface area contributed by atoms with Gasteiger partial charge in [-0.15, -0.1) is 0 Å². The molecule has 2 N–H and O–H groups in total. The Morgan fingerprint density at radius 1 is 1.47 bits per heavy atom. The molecule has 0 spiro atoms. The summed E-state index contributed by atoms with van der Waals surface area (Å²) in [5, 5.41) is 3.68. The highest BCUT2D eigenvalue weighted by atomic mass is 16.5. The summed E-state index contributed by atoms with van der Waals surface area (Å²) in [5.41, 5.74) is 8.54. The highest BCUT2D eigenvalue weighted by Crippen LogP contribution is 2.31. The fourth-order valence-corrected chi connectivity index (χ4v) is 2.37. The van der Waals surface area contributed by atoms with E-state index in [1.54, 1.807) is 11.8 Å². The van der Waals surface area contributed by atoms with Gasteiger partial charge in [0, 0.05) is 24.8 Å². The molecule has 0 saturated heterocycles. The van der Waals surface area contributed by atoms with Gasteiger partial charge in [0.25, 0.3) is 11.7 Å². The topological polar surface area (TPSA) is 85.2 Å². The van der Waals surface area contributed by atoms with Crippen LogP contribution in [0.4, 0.5) is 11.4 Å². The minimum Gasteiger partial charge on any atom is -0.398 e. The van der Waals surface area contributed by atoms with Crippen LogP contribution in [0, 0.1) is 6.92 Å². The van der Waals surface area contributed by atoms with Gasteiger partial charge < -0.3 is 15.2 Å². The number of rotatable bonds is 1. The Morgan fingerprint density at radius 2 is 2.32 bits per heavy atom. The number of nitrogens with zero attached hydrogens (tertiary/aromatic N) is 3. The third-order valence-electron chi connectivity index (χ3n) is 3.25. The van der Waals surface area contributed by atoms with Crippen molar-refractivity contribution >= 4 is 17.3 Å². The first-order valence-electron chi connectivity index (χ1n) is 6.16. The third kappa shape index (κ3) is 1.95. The van der Waals surface area contributed by atoms with Crippen LogP contribution in [0.1, 0.15) is 28.5 Å². The summed E-state index contributed by atoms with van der Waals surface area (Å²) in [6, 6.07) is 5.60. The Kier molecular flexibility index (Phi) is 2.70. The maximum absolute atomic E-state index is 12.4. The van der Waals surface area contributed by atoms with Gasteiger partial charge in [-0.05, 0) is 30.5 Å². The summed E-state index contributed by atoms with van der Waals surface area (Å²) >= 11 is 0. The molecule has 2 heterocycles. The molecule has 1 aliphatic heterocycles. The van der Waals surface area contributed by atoms with Gasteiger partial charge in [-0.25, -0.2) is 0 Å². The Morgan fingerprint density at radius 3 is 3.05 bits per heavy atom. The van der Waals surface area contributed by atoms with E-state index in [1.165, 1.54) is 0 Å². The molecule has 0 radical (unpaired) electrons. The molecule has 3 rings (SSSR count). The zero-order valence-corrected chi connectivity index (χ0v) is 10.6. The third-order valence-corrected chi connectivity index (χ3v) is 3.25. The lowest BCUT2D eigenvalue weighted by Crippen LogP contribution is -2.36. The molecule has 0 fully saturated rings. The predicted octanol–water partition coefficient (Wildman–Crippen LogP) is 1.55. The van der Waals surface area contributed by atoms with Crippen molar-refractivity contribution in [1.29, 1.82) is 0 Å². The van der Waals surface area contributed by atoms with Crippen LogP contribution < -0.4 is 10.6 Å². The van der Waals surface area contributed by atoms with Gasteiger partial charge in [-0.2, -0.15) is 4.98 Å². The van der Waals surface area contributed by atoms with E-state index in [0.717, 1.165) is 29.8 Å². The molecule has 1 aliphatic rings. The summed E-state index contributed by atoms with van der Waals surface area (Å²) in [7, 11) is 0. The lowest BCUT2D eigenvalue weighted by molar-refractivity contribution is 0.0972. The molecule has 98 valence electrons. The van der Waals surface area contributed by atoms with E-state index in [2.05, 4.69) is 10.1 Å². The molecule has 1 amide bonds. The number of amides is 1. The number of nitrogens with two attached hydrogens (primary N) is 1. The van der Waals surface area contributed by atoms with Crippen molar-refractivity contribution in [2.45, 2.75) is 19.8 Å². The summed E-state index contributed by atoms with van der Waals surface area (Å²) < 4.78 is 4.85. The maximum atomic E-state index is 12.4. The van der Waals surface area contributed by atoms with Crippen LogP contribution >= 0.6 is 0 Å². The second kappa shape index (κ2) is 4.38. The number of hydrogen-bond acceptors (Lipinski definition) is 5. The molecule has 0 unspecified atom stereocenters. The van der Waals surface area contributed by atoms with E-state index in [9.17, 15) is 4.79 Å². The normalized spacial score (nSPS) is 14.3.